The van der Waals surface area contributed by atoms with E-state index in [4.69, 9.17) is 0 Å². The molecule has 0 spiro atoms. The van der Waals surface area contributed by atoms with Gasteiger partial charge in [-0.2, -0.15) is 5.10 Å². The average molecular weight is 340 g/mol. The van der Waals surface area contributed by atoms with Crippen molar-refractivity contribution in [3.63, 3.8) is 0 Å². The second kappa shape index (κ2) is 7.16. The third-order valence-electron chi connectivity index (χ3n) is 5.91. The Hall–Kier alpha value is -1.88. The van der Waals surface area contributed by atoms with Crippen LogP contribution in [0.25, 0.3) is 10.9 Å². The Morgan fingerprint density at radius 2 is 2.08 bits per heavy atom. The quantitative estimate of drug-likeness (QED) is 0.934. The van der Waals surface area contributed by atoms with Crippen molar-refractivity contribution in [1.82, 2.24) is 20.0 Å². The van der Waals surface area contributed by atoms with Gasteiger partial charge in [-0.25, -0.2) is 0 Å². The second-order valence-corrected chi connectivity index (χ2v) is 7.88. The monoisotopic (exact) mass is 340 g/mol. The molecule has 0 unspecified atom stereocenters. The molecule has 1 amide bonds. The summed E-state index contributed by atoms with van der Waals surface area (Å²) in [6.45, 7) is 7.70. The molecule has 2 aliphatic rings. The number of rotatable bonds is 3. The number of aromatic nitrogens is 2. The first-order chi connectivity index (χ1) is 12.2. The van der Waals surface area contributed by atoms with Gasteiger partial charge in [-0.1, -0.05) is 19.1 Å². The van der Waals surface area contributed by atoms with Crippen LogP contribution >= 0.6 is 0 Å². The van der Waals surface area contributed by atoms with Crippen molar-refractivity contribution in [1.29, 1.82) is 0 Å². The number of H-pyrrole nitrogens is 1. The molecule has 5 nitrogen and oxygen atoms in total. The van der Waals surface area contributed by atoms with Gasteiger partial charge in [0.1, 0.15) is 0 Å². The van der Waals surface area contributed by atoms with Gasteiger partial charge in [-0.05, 0) is 56.7 Å². The van der Waals surface area contributed by atoms with Crippen LogP contribution in [0.5, 0.6) is 0 Å². The molecular weight excluding hydrogens is 312 g/mol. The molecule has 3 heterocycles. The third kappa shape index (κ3) is 3.56. The fraction of sp³-hybridized carbons (Fsp3) is 0.600. The molecule has 5 heteroatoms. The van der Waals surface area contributed by atoms with Gasteiger partial charge < -0.3 is 9.80 Å². The largest absolute Gasteiger partial charge is 0.338 e. The maximum atomic E-state index is 13.1. The number of fused-ring (bicyclic) bond motifs is 1. The van der Waals surface area contributed by atoms with Crippen LogP contribution in [0.2, 0.25) is 0 Å². The van der Waals surface area contributed by atoms with E-state index in [0.29, 0.717) is 5.92 Å². The number of benzene rings is 1. The van der Waals surface area contributed by atoms with Gasteiger partial charge in [0.15, 0.2) is 0 Å². The number of amides is 1. The Bertz CT molecular complexity index is 732. The van der Waals surface area contributed by atoms with E-state index in [1.807, 2.05) is 18.2 Å². The van der Waals surface area contributed by atoms with Crippen LogP contribution in [-0.4, -0.2) is 58.6 Å². The van der Waals surface area contributed by atoms with E-state index in [1.165, 1.54) is 32.4 Å². The minimum Gasteiger partial charge on any atom is -0.338 e. The molecule has 4 rings (SSSR count). The van der Waals surface area contributed by atoms with Crippen molar-refractivity contribution >= 4 is 16.8 Å². The van der Waals surface area contributed by atoms with E-state index in [9.17, 15) is 4.79 Å². The van der Waals surface area contributed by atoms with Crippen LogP contribution < -0.4 is 0 Å². The first-order valence-corrected chi connectivity index (χ1v) is 9.64. The number of hydrogen-bond acceptors (Lipinski definition) is 3. The number of nitrogens with one attached hydrogen (secondary N) is 1. The van der Waals surface area contributed by atoms with Gasteiger partial charge in [0.25, 0.3) is 5.91 Å². The number of nitrogens with zero attached hydrogens (tertiary/aromatic N) is 3. The summed E-state index contributed by atoms with van der Waals surface area (Å²) in [5.41, 5.74) is 1.61. The van der Waals surface area contributed by atoms with Crippen molar-refractivity contribution in [2.75, 3.05) is 32.7 Å². The zero-order valence-electron chi connectivity index (χ0n) is 15.1. The Labute approximate surface area is 149 Å². The highest BCUT2D eigenvalue weighted by Crippen LogP contribution is 2.24. The lowest BCUT2D eigenvalue weighted by Crippen LogP contribution is -2.45. The Morgan fingerprint density at radius 3 is 2.92 bits per heavy atom. The van der Waals surface area contributed by atoms with Crippen LogP contribution in [0.15, 0.2) is 24.4 Å². The van der Waals surface area contributed by atoms with Crippen LogP contribution in [-0.2, 0) is 0 Å². The lowest BCUT2D eigenvalue weighted by atomic mass is 9.94. The topological polar surface area (TPSA) is 52.2 Å². The van der Waals surface area contributed by atoms with Crippen LogP contribution in [0, 0.1) is 11.8 Å². The summed E-state index contributed by atoms with van der Waals surface area (Å²) in [5, 5.41) is 8.07. The van der Waals surface area contributed by atoms with E-state index in [1.54, 1.807) is 6.20 Å². The van der Waals surface area contributed by atoms with Gasteiger partial charge >= 0.3 is 0 Å². The Kier molecular flexibility index (Phi) is 4.75. The van der Waals surface area contributed by atoms with Gasteiger partial charge in [-0.3, -0.25) is 9.89 Å². The molecule has 25 heavy (non-hydrogen) atoms. The fourth-order valence-corrected chi connectivity index (χ4v) is 4.33. The number of carbonyl (C=O) groups excluding carboxylic acids is 1. The number of likely N-dealkylation sites (tertiary alicyclic amines) is 2. The third-order valence-corrected chi connectivity index (χ3v) is 5.91. The van der Waals surface area contributed by atoms with Crippen molar-refractivity contribution in [3.8, 4) is 0 Å². The van der Waals surface area contributed by atoms with Crippen LogP contribution in [0.3, 0.4) is 0 Å². The molecule has 0 radical (unpaired) electrons. The maximum Gasteiger partial charge on any atom is 0.256 e. The maximum absolute atomic E-state index is 13.1. The van der Waals surface area contributed by atoms with E-state index < -0.39 is 0 Å². The van der Waals surface area contributed by atoms with E-state index >= 15 is 0 Å². The summed E-state index contributed by atoms with van der Waals surface area (Å²) >= 11 is 0. The molecule has 0 bridgehead atoms. The van der Waals surface area contributed by atoms with Crippen molar-refractivity contribution in [3.05, 3.63) is 30.0 Å². The summed E-state index contributed by atoms with van der Waals surface area (Å²) in [7, 11) is 0. The zero-order valence-corrected chi connectivity index (χ0v) is 15.1. The molecule has 1 aromatic heterocycles. The summed E-state index contributed by atoms with van der Waals surface area (Å²) in [4.78, 5) is 17.7. The fourth-order valence-electron chi connectivity index (χ4n) is 4.33. The van der Waals surface area contributed by atoms with Crippen LogP contribution in [0.1, 0.15) is 43.0 Å². The minimum atomic E-state index is 0.145. The molecule has 134 valence electrons. The second-order valence-electron chi connectivity index (χ2n) is 7.88. The molecule has 2 aliphatic heterocycles. The smallest absolute Gasteiger partial charge is 0.256 e. The van der Waals surface area contributed by atoms with Gasteiger partial charge in [0, 0.05) is 25.0 Å². The molecular formula is C20H28N4O. The molecule has 2 aromatic rings. The van der Waals surface area contributed by atoms with E-state index in [-0.39, 0.29) is 5.91 Å². The SMILES string of the molecule is CC1CCN(C[C@@H]2CCCN(C(=O)c3cccc4cn[nH]c34)C2)CC1. The first kappa shape index (κ1) is 16.6. The van der Waals surface area contributed by atoms with E-state index in [2.05, 4.69) is 26.9 Å². The summed E-state index contributed by atoms with van der Waals surface area (Å²) in [6.07, 6.45) is 6.76. The standard InChI is InChI=1S/C20H28N4O/c1-15-7-10-23(11-8-15)13-16-4-3-9-24(14-16)20(25)18-6-2-5-17-12-21-22-19(17)18/h2,5-6,12,15-16H,3-4,7-11,13-14H2,1H3,(H,21,22)/t16-/m0/s1. The lowest BCUT2D eigenvalue weighted by molar-refractivity contribution is 0.0624. The highest BCUT2D eigenvalue weighted by molar-refractivity contribution is 6.05. The first-order valence-electron chi connectivity index (χ1n) is 9.64. The molecule has 2 saturated heterocycles. The molecule has 1 aromatic carbocycles. The zero-order chi connectivity index (χ0) is 17.2. The average Bonchev–Trinajstić information content (AvgIpc) is 3.12. The number of hydrogen-bond donors (Lipinski definition) is 1. The van der Waals surface area contributed by atoms with Gasteiger partial charge in [0.2, 0.25) is 0 Å². The van der Waals surface area contributed by atoms with E-state index in [0.717, 1.165) is 48.4 Å². The van der Waals surface area contributed by atoms with Crippen molar-refractivity contribution < 1.29 is 4.79 Å². The van der Waals surface area contributed by atoms with Crippen LogP contribution in [0.4, 0.5) is 0 Å². The normalized spacial score (nSPS) is 23.2. The van der Waals surface area contributed by atoms with Crippen molar-refractivity contribution in [2.45, 2.75) is 32.6 Å². The highest BCUT2D eigenvalue weighted by atomic mass is 16.2. The predicted molar refractivity (Wildman–Crippen MR) is 99.6 cm³/mol. The lowest BCUT2D eigenvalue weighted by Gasteiger charge is -2.38. The number of aromatic amines is 1. The molecule has 2 fully saturated rings. The summed E-state index contributed by atoms with van der Waals surface area (Å²) < 4.78 is 0. The Balaban J connectivity index is 1.42. The molecule has 1 atom stereocenters. The minimum absolute atomic E-state index is 0.145. The summed E-state index contributed by atoms with van der Waals surface area (Å²) in [6, 6.07) is 5.85. The number of carbonyl (C=O) groups is 1. The summed E-state index contributed by atoms with van der Waals surface area (Å²) in [5.74, 6) is 1.62. The van der Waals surface area contributed by atoms with Gasteiger partial charge in [-0.15, -0.1) is 0 Å². The van der Waals surface area contributed by atoms with Gasteiger partial charge in [0.05, 0.1) is 17.3 Å². The van der Waals surface area contributed by atoms with Crippen molar-refractivity contribution in [2.24, 2.45) is 11.8 Å². The Morgan fingerprint density at radius 1 is 1.24 bits per heavy atom. The molecule has 0 aliphatic carbocycles. The highest BCUT2D eigenvalue weighted by Gasteiger charge is 2.27. The molecule has 0 saturated carbocycles. The number of para-hydroxylation sites is 1. The number of piperidine rings is 2. The predicted octanol–water partition coefficient (Wildman–Crippen LogP) is 3.15. The molecule has 1 N–H and O–H groups in total.